The van der Waals surface area contributed by atoms with E-state index in [1.54, 1.807) is 0 Å². The molecule has 0 amide bonds. The van der Waals surface area contributed by atoms with Gasteiger partial charge in [0.15, 0.2) is 0 Å². The summed E-state index contributed by atoms with van der Waals surface area (Å²) >= 11 is 0. The maximum absolute atomic E-state index is 4.50. The molecule has 0 aliphatic carbocycles. The molecule has 1 heterocycles. The minimum atomic E-state index is 0.498. The summed E-state index contributed by atoms with van der Waals surface area (Å²) in [5.74, 6) is 0.710. The Morgan fingerprint density at radius 2 is 2.12 bits per heavy atom. The highest BCUT2D eigenvalue weighted by Gasteiger charge is 2.10. The van der Waals surface area contributed by atoms with E-state index in [0.29, 0.717) is 12.0 Å². The largest absolute Gasteiger partial charge is 0.314 e. The quantitative estimate of drug-likeness (QED) is 0.770. The lowest BCUT2D eigenvalue weighted by molar-refractivity contribution is 0.384. The highest BCUT2D eigenvalue weighted by Crippen LogP contribution is 2.12. The van der Waals surface area contributed by atoms with E-state index < -0.39 is 0 Å². The number of nitrogens with zero attached hydrogens (tertiary/aromatic N) is 2. The molecule has 0 aliphatic rings. The Labute approximate surface area is 99.2 Å². The number of aryl methyl sites for hydroxylation is 1. The number of nitrogens with one attached hydrogen (secondary N) is 1. The van der Waals surface area contributed by atoms with Crippen LogP contribution in [0.3, 0.4) is 0 Å². The van der Waals surface area contributed by atoms with Crippen LogP contribution in [-0.2, 0) is 0 Å². The summed E-state index contributed by atoms with van der Waals surface area (Å²) in [6.45, 7) is 10.8. The number of hydrogen-bond donors (Lipinski definition) is 1. The van der Waals surface area contributed by atoms with Gasteiger partial charge in [-0.25, -0.2) is 0 Å². The first-order valence-corrected chi connectivity index (χ1v) is 6.36. The molecule has 1 rings (SSSR count). The third-order valence-electron chi connectivity index (χ3n) is 2.67. The fourth-order valence-corrected chi connectivity index (χ4v) is 1.84. The van der Waals surface area contributed by atoms with Crippen LogP contribution in [0.4, 0.5) is 0 Å². The number of hydrogen-bond acceptors (Lipinski definition) is 2. The van der Waals surface area contributed by atoms with Crippen molar-refractivity contribution in [1.82, 2.24) is 15.1 Å². The Kier molecular flexibility index (Phi) is 5.53. The molecule has 0 fully saturated rings. The van der Waals surface area contributed by atoms with Crippen LogP contribution in [0.5, 0.6) is 0 Å². The molecular formula is C13H25N3. The van der Waals surface area contributed by atoms with Gasteiger partial charge in [-0.15, -0.1) is 0 Å². The Morgan fingerprint density at radius 1 is 1.38 bits per heavy atom. The van der Waals surface area contributed by atoms with E-state index in [9.17, 15) is 0 Å². The Balaban J connectivity index is 2.47. The molecule has 92 valence electrons. The topological polar surface area (TPSA) is 29.9 Å². The minimum absolute atomic E-state index is 0.498. The molecular weight excluding hydrogens is 198 g/mol. The first-order chi connectivity index (χ1) is 7.63. The molecule has 1 atom stereocenters. The predicted molar refractivity (Wildman–Crippen MR) is 68.6 cm³/mol. The average Bonchev–Trinajstić information content (AvgIpc) is 2.63. The summed E-state index contributed by atoms with van der Waals surface area (Å²) in [7, 11) is 0. The summed E-state index contributed by atoms with van der Waals surface area (Å²) in [5, 5.41) is 8.02. The molecule has 1 aromatic heterocycles. The fourth-order valence-electron chi connectivity index (χ4n) is 1.84. The fraction of sp³-hybridized carbons (Fsp3) is 0.769. The van der Waals surface area contributed by atoms with Crippen LogP contribution >= 0.6 is 0 Å². The highest BCUT2D eigenvalue weighted by atomic mass is 15.3. The smallest absolute Gasteiger partial charge is 0.0643 e. The molecule has 0 saturated heterocycles. The second-order valence-electron chi connectivity index (χ2n) is 4.93. The Hall–Kier alpha value is -0.830. The van der Waals surface area contributed by atoms with Gasteiger partial charge in [-0.3, -0.25) is 4.68 Å². The van der Waals surface area contributed by atoms with Crippen molar-refractivity contribution < 1.29 is 0 Å². The lowest BCUT2D eigenvalue weighted by Crippen LogP contribution is -2.28. The SMILES string of the molecule is CCCC(CNCC(C)C)n1ccc(C)n1. The van der Waals surface area contributed by atoms with Crippen LogP contribution in [0, 0.1) is 12.8 Å². The Morgan fingerprint density at radius 3 is 2.62 bits per heavy atom. The molecule has 0 aromatic carbocycles. The van der Waals surface area contributed by atoms with E-state index >= 15 is 0 Å². The van der Waals surface area contributed by atoms with Gasteiger partial charge in [0.05, 0.1) is 11.7 Å². The summed E-state index contributed by atoms with van der Waals surface area (Å²) in [6, 6.07) is 2.57. The van der Waals surface area contributed by atoms with Gasteiger partial charge < -0.3 is 5.32 Å². The summed E-state index contributed by atoms with van der Waals surface area (Å²) in [4.78, 5) is 0. The van der Waals surface area contributed by atoms with E-state index in [0.717, 1.165) is 18.8 Å². The molecule has 3 heteroatoms. The van der Waals surface area contributed by atoms with Crippen LogP contribution < -0.4 is 5.32 Å². The summed E-state index contributed by atoms with van der Waals surface area (Å²) in [6.07, 6.45) is 4.48. The van der Waals surface area contributed by atoms with Gasteiger partial charge in [-0.2, -0.15) is 5.10 Å². The van der Waals surface area contributed by atoms with E-state index in [1.807, 2.05) is 6.92 Å². The van der Waals surface area contributed by atoms with Crippen molar-refractivity contribution in [3.63, 3.8) is 0 Å². The third-order valence-corrected chi connectivity index (χ3v) is 2.67. The van der Waals surface area contributed by atoms with Crippen molar-refractivity contribution in [3.05, 3.63) is 18.0 Å². The van der Waals surface area contributed by atoms with Crippen LogP contribution in [0.15, 0.2) is 12.3 Å². The van der Waals surface area contributed by atoms with Gasteiger partial charge >= 0.3 is 0 Å². The van der Waals surface area contributed by atoms with Gasteiger partial charge in [-0.1, -0.05) is 27.2 Å². The maximum atomic E-state index is 4.50. The molecule has 0 spiro atoms. The zero-order valence-electron chi connectivity index (χ0n) is 11.0. The first kappa shape index (κ1) is 13.2. The van der Waals surface area contributed by atoms with Crippen molar-refractivity contribution in [2.75, 3.05) is 13.1 Å². The van der Waals surface area contributed by atoms with E-state index in [2.05, 4.69) is 48.1 Å². The van der Waals surface area contributed by atoms with Gasteiger partial charge in [0.25, 0.3) is 0 Å². The zero-order chi connectivity index (χ0) is 12.0. The molecule has 3 nitrogen and oxygen atoms in total. The van der Waals surface area contributed by atoms with Gasteiger partial charge in [0.1, 0.15) is 0 Å². The standard InChI is InChI=1S/C13H25N3/c1-5-6-13(10-14-9-11(2)3)16-8-7-12(4)15-16/h7-8,11,13-14H,5-6,9-10H2,1-4H3. The molecule has 0 bridgehead atoms. The summed E-state index contributed by atoms with van der Waals surface area (Å²) in [5.41, 5.74) is 1.10. The number of aromatic nitrogens is 2. The Bertz CT molecular complexity index is 291. The second-order valence-corrected chi connectivity index (χ2v) is 4.93. The second kappa shape index (κ2) is 6.69. The van der Waals surface area contributed by atoms with Crippen molar-refractivity contribution in [1.29, 1.82) is 0 Å². The lowest BCUT2D eigenvalue weighted by atomic mass is 10.1. The first-order valence-electron chi connectivity index (χ1n) is 6.36. The van der Waals surface area contributed by atoms with E-state index in [1.165, 1.54) is 12.8 Å². The summed E-state index contributed by atoms with van der Waals surface area (Å²) < 4.78 is 2.10. The van der Waals surface area contributed by atoms with Crippen molar-refractivity contribution in [2.24, 2.45) is 5.92 Å². The van der Waals surface area contributed by atoms with Gasteiger partial charge in [0, 0.05) is 12.7 Å². The molecule has 1 unspecified atom stereocenters. The van der Waals surface area contributed by atoms with Crippen LogP contribution in [0.25, 0.3) is 0 Å². The van der Waals surface area contributed by atoms with Crippen LogP contribution in [0.2, 0.25) is 0 Å². The van der Waals surface area contributed by atoms with Crippen molar-refractivity contribution in [3.8, 4) is 0 Å². The molecule has 1 aromatic rings. The predicted octanol–water partition coefficient (Wildman–Crippen LogP) is 2.78. The molecule has 16 heavy (non-hydrogen) atoms. The lowest BCUT2D eigenvalue weighted by Gasteiger charge is -2.18. The average molecular weight is 223 g/mol. The van der Waals surface area contributed by atoms with E-state index in [4.69, 9.17) is 0 Å². The van der Waals surface area contributed by atoms with Crippen molar-refractivity contribution >= 4 is 0 Å². The molecule has 0 saturated carbocycles. The van der Waals surface area contributed by atoms with Gasteiger partial charge in [-0.05, 0) is 31.9 Å². The molecule has 0 radical (unpaired) electrons. The molecule has 1 N–H and O–H groups in total. The normalized spacial score (nSPS) is 13.3. The minimum Gasteiger partial charge on any atom is -0.314 e. The van der Waals surface area contributed by atoms with Crippen molar-refractivity contribution in [2.45, 2.75) is 46.6 Å². The monoisotopic (exact) mass is 223 g/mol. The number of rotatable bonds is 7. The maximum Gasteiger partial charge on any atom is 0.0643 e. The van der Waals surface area contributed by atoms with E-state index in [-0.39, 0.29) is 0 Å². The van der Waals surface area contributed by atoms with Crippen LogP contribution in [0.1, 0.15) is 45.3 Å². The third kappa shape index (κ3) is 4.35. The highest BCUT2D eigenvalue weighted by molar-refractivity contribution is 4.96. The van der Waals surface area contributed by atoms with Crippen LogP contribution in [-0.4, -0.2) is 22.9 Å². The molecule has 0 aliphatic heterocycles. The van der Waals surface area contributed by atoms with Gasteiger partial charge in [0.2, 0.25) is 0 Å². The zero-order valence-corrected chi connectivity index (χ0v) is 11.0.